The van der Waals surface area contributed by atoms with Gasteiger partial charge in [0, 0.05) is 31.9 Å². The van der Waals surface area contributed by atoms with Gasteiger partial charge in [0.25, 0.3) is 0 Å². The predicted octanol–water partition coefficient (Wildman–Crippen LogP) is 4.65. The molecular formula is C20H35N3O2. The van der Waals surface area contributed by atoms with Gasteiger partial charge in [-0.25, -0.2) is 0 Å². The summed E-state index contributed by atoms with van der Waals surface area (Å²) in [5.74, 6) is 0.924. The van der Waals surface area contributed by atoms with Crippen LogP contribution in [0.5, 0.6) is 0 Å². The van der Waals surface area contributed by atoms with Crippen LogP contribution in [0.15, 0.2) is 40.8 Å². The molecular weight excluding hydrogens is 314 g/mol. The molecule has 1 aromatic rings. The summed E-state index contributed by atoms with van der Waals surface area (Å²) >= 11 is 0. The van der Waals surface area contributed by atoms with Crippen LogP contribution >= 0.6 is 0 Å². The molecule has 1 N–H and O–H groups in total. The van der Waals surface area contributed by atoms with Gasteiger partial charge in [0.1, 0.15) is 0 Å². The van der Waals surface area contributed by atoms with E-state index in [0.717, 1.165) is 0 Å². The molecule has 2 rings (SSSR count). The van der Waals surface area contributed by atoms with E-state index >= 15 is 0 Å². The molecule has 0 bridgehead atoms. The zero-order valence-electron chi connectivity index (χ0n) is 16.5. The Morgan fingerprint density at radius 1 is 1.36 bits per heavy atom. The first-order valence-electron chi connectivity index (χ1n) is 9.16. The Balaban J connectivity index is 0.000000362. The number of nitrogens with zero attached hydrogens (tertiary/aromatic N) is 2. The minimum atomic E-state index is 0.264. The van der Waals surface area contributed by atoms with E-state index in [1.807, 2.05) is 13.2 Å². The fraction of sp³-hybridized carbons (Fsp3) is 0.600. The van der Waals surface area contributed by atoms with Gasteiger partial charge in [-0.2, -0.15) is 0 Å². The summed E-state index contributed by atoms with van der Waals surface area (Å²) in [5, 5.41) is 6.21. The number of hydrogen-bond acceptors (Lipinski definition) is 5. The Morgan fingerprint density at radius 3 is 2.40 bits per heavy atom. The fourth-order valence-corrected chi connectivity index (χ4v) is 2.25. The Bertz CT molecular complexity index is 473. The van der Waals surface area contributed by atoms with Gasteiger partial charge in [0.2, 0.25) is 0 Å². The summed E-state index contributed by atoms with van der Waals surface area (Å²) in [7, 11) is 1.90. The maximum atomic E-state index is 9.73. The Hall–Kier alpha value is -2.04. The Kier molecular flexibility index (Phi) is 14.2. The van der Waals surface area contributed by atoms with Gasteiger partial charge < -0.3 is 14.7 Å². The number of aldehydes is 1. The van der Waals surface area contributed by atoms with Crippen LogP contribution in [-0.2, 0) is 0 Å². The highest BCUT2D eigenvalue weighted by molar-refractivity contribution is 5.69. The fourth-order valence-electron chi connectivity index (χ4n) is 2.25. The monoisotopic (exact) mass is 349 g/mol. The van der Waals surface area contributed by atoms with E-state index in [2.05, 4.69) is 59.7 Å². The topological polar surface area (TPSA) is 58.4 Å². The van der Waals surface area contributed by atoms with Crippen molar-refractivity contribution in [2.75, 3.05) is 20.1 Å². The van der Waals surface area contributed by atoms with Gasteiger partial charge in [0.05, 0.1) is 6.20 Å². The second-order valence-electron chi connectivity index (χ2n) is 6.23. The molecule has 1 aliphatic heterocycles. The summed E-state index contributed by atoms with van der Waals surface area (Å²) in [5.41, 5.74) is 1.48. The third-order valence-corrected chi connectivity index (χ3v) is 3.58. The molecule has 0 unspecified atom stereocenters. The minimum absolute atomic E-state index is 0.264. The average Bonchev–Trinajstić information content (AvgIpc) is 3.16. The highest BCUT2D eigenvalue weighted by Crippen LogP contribution is 2.14. The van der Waals surface area contributed by atoms with E-state index in [1.165, 1.54) is 56.7 Å². The number of nitrogens with one attached hydrogen (secondary N) is 1. The molecule has 5 nitrogen and oxygen atoms in total. The molecule has 0 radical (unpaired) electrons. The van der Waals surface area contributed by atoms with Crippen LogP contribution in [0, 0.1) is 5.92 Å². The first kappa shape index (κ1) is 23.0. The van der Waals surface area contributed by atoms with Crippen molar-refractivity contribution in [2.45, 2.75) is 53.4 Å². The van der Waals surface area contributed by atoms with Crippen LogP contribution in [0.3, 0.4) is 0 Å². The smallest absolute Gasteiger partial charge is 0.199 e. The largest absolute Gasteiger partial charge is 0.394 e. The first-order chi connectivity index (χ1) is 12.0. The SMILES string of the molecule is CC/C=C(\C)N1CCCCC1.CN/C=C/C(C)C.O=Cc1ccno1. The van der Waals surface area contributed by atoms with E-state index in [0.29, 0.717) is 12.2 Å². The van der Waals surface area contributed by atoms with Crippen LogP contribution < -0.4 is 5.32 Å². The lowest BCUT2D eigenvalue weighted by atomic mass is 10.1. The summed E-state index contributed by atoms with van der Waals surface area (Å²) < 4.78 is 4.36. The van der Waals surface area contributed by atoms with Crippen molar-refractivity contribution >= 4 is 6.29 Å². The summed E-state index contributed by atoms with van der Waals surface area (Å²) in [4.78, 5) is 12.2. The van der Waals surface area contributed by atoms with Crippen molar-refractivity contribution < 1.29 is 9.32 Å². The van der Waals surface area contributed by atoms with E-state index in [-0.39, 0.29) is 5.76 Å². The maximum absolute atomic E-state index is 9.73. The standard InChI is InChI=1S/C10H19N.C6H13N.C4H3NO2/c1-3-7-10(2)11-8-5-4-6-9-11;1-6(2)4-5-7-3;6-3-4-1-2-5-7-4/h7H,3-6,8-9H2,1-2H3;4-7H,1-3H3;1-3H/b10-7+;5-4+;. The third kappa shape index (κ3) is 13.0. The van der Waals surface area contributed by atoms with Gasteiger partial charge in [-0.3, -0.25) is 4.79 Å². The van der Waals surface area contributed by atoms with Crippen LogP contribution in [0.1, 0.15) is 63.9 Å². The summed E-state index contributed by atoms with van der Waals surface area (Å²) in [6, 6.07) is 1.49. The van der Waals surface area contributed by atoms with Crippen molar-refractivity contribution in [2.24, 2.45) is 5.92 Å². The highest BCUT2D eigenvalue weighted by atomic mass is 16.5. The number of rotatable bonds is 5. The molecule has 1 fully saturated rings. The average molecular weight is 350 g/mol. The third-order valence-electron chi connectivity index (χ3n) is 3.58. The van der Waals surface area contributed by atoms with Gasteiger partial charge in [-0.05, 0) is 44.7 Å². The van der Waals surface area contributed by atoms with E-state index in [1.54, 1.807) is 0 Å². The number of carbonyl (C=O) groups is 1. The van der Waals surface area contributed by atoms with Crippen molar-refractivity contribution in [3.63, 3.8) is 0 Å². The normalized spacial score (nSPS) is 14.5. The molecule has 0 atom stereocenters. The molecule has 0 amide bonds. The number of allylic oxidation sites excluding steroid dienone is 3. The lowest BCUT2D eigenvalue weighted by Crippen LogP contribution is -2.27. The zero-order valence-corrected chi connectivity index (χ0v) is 16.5. The molecule has 2 heterocycles. The maximum Gasteiger partial charge on any atom is 0.199 e. The summed E-state index contributed by atoms with van der Waals surface area (Å²) in [6.07, 6.45) is 13.8. The van der Waals surface area contributed by atoms with Crippen LogP contribution in [-0.4, -0.2) is 36.5 Å². The second-order valence-corrected chi connectivity index (χ2v) is 6.23. The lowest BCUT2D eigenvalue weighted by molar-refractivity contribution is 0.109. The van der Waals surface area contributed by atoms with Gasteiger partial charge in [-0.15, -0.1) is 0 Å². The van der Waals surface area contributed by atoms with E-state index in [9.17, 15) is 4.79 Å². The Morgan fingerprint density at radius 2 is 2.04 bits per heavy atom. The van der Waals surface area contributed by atoms with Crippen LogP contribution in [0.2, 0.25) is 0 Å². The molecule has 0 saturated carbocycles. The van der Waals surface area contributed by atoms with Crippen molar-refractivity contribution in [1.29, 1.82) is 0 Å². The molecule has 0 spiro atoms. The zero-order chi connectivity index (χ0) is 18.9. The number of likely N-dealkylation sites (tertiary alicyclic amines) is 1. The van der Waals surface area contributed by atoms with E-state index in [4.69, 9.17) is 0 Å². The lowest BCUT2D eigenvalue weighted by Gasteiger charge is -2.29. The van der Waals surface area contributed by atoms with Crippen LogP contribution in [0.4, 0.5) is 0 Å². The number of carbonyl (C=O) groups excluding carboxylic acids is 1. The molecule has 5 heteroatoms. The van der Waals surface area contributed by atoms with E-state index < -0.39 is 0 Å². The Labute approximate surface area is 153 Å². The number of hydrogen-bond donors (Lipinski definition) is 1. The van der Waals surface area contributed by atoms with Crippen LogP contribution in [0.25, 0.3) is 0 Å². The molecule has 0 aromatic carbocycles. The van der Waals surface area contributed by atoms with Gasteiger partial charge >= 0.3 is 0 Å². The van der Waals surface area contributed by atoms with Gasteiger partial charge in [0.15, 0.2) is 12.0 Å². The molecule has 1 aliphatic rings. The molecule has 1 saturated heterocycles. The predicted molar refractivity (Wildman–Crippen MR) is 104 cm³/mol. The van der Waals surface area contributed by atoms with Gasteiger partial charge in [-0.1, -0.05) is 38.1 Å². The van der Waals surface area contributed by atoms with Crippen molar-refractivity contribution in [3.05, 3.63) is 42.1 Å². The molecule has 0 aliphatic carbocycles. The molecule has 142 valence electrons. The minimum Gasteiger partial charge on any atom is -0.394 e. The molecule has 25 heavy (non-hydrogen) atoms. The quantitative estimate of drug-likeness (QED) is 0.784. The second kappa shape index (κ2) is 15.5. The van der Waals surface area contributed by atoms with Crippen molar-refractivity contribution in [3.8, 4) is 0 Å². The number of piperidine rings is 1. The molecule has 1 aromatic heterocycles. The number of aromatic nitrogens is 1. The first-order valence-corrected chi connectivity index (χ1v) is 9.16. The van der Waals surface area contributed by atoms with Crippen molar-refractivity contribution in [1.82, 2.24) is 15.4 Å². The highest BCUT2D eigenvalue weighted by Gasteiger charge is 2.08. The summed E-state index contributed by atoms with van der Waals surface area (Å²) in [6.45, 7) is 11.3.